The van der Waals surface area contributed by atoms with Crippen LogP contribution in [0.2, 0.25) is 0 Å². The van der Waals surface area contributed by atoms with Gasteiger partial charge in [0.25, 0.3) is 0 Å². The maximum Gasteiger partial charge on any atom is 0.313 e. The van der Waals surface area contributed by atoms with Gasteiger partial charge >= 0.3 is 11.8 Å². The van der Waals surface area contributed by atoms with Gasteiger partial charge in [0.05, 0.1) is 6.54 Å². The van der Waals surface area contributed by atoms with Crippen LogP contribution in [-0.2, 0) is 16.1 Å². The molecule has 2 amide bonds. The number of carbonyl (C=O) groups excluding carboxylic acids is 2. The number of pyridine rings is 1. The Morgan fingerprint density at radius 3 is 2.83 bits per heavy atom. The molecule has 0 bridgehead atoms. The van der Waals surface area contributed by atoms with Gasteiger partial charge in [-0.2, -0.15) is 0 Å². The van der Waals surface area contributed by atoms with Crippen LogP contribution in [0.15, 0.2) is 53.6 Å². The molecule has 1 aromatic carbocycles. The molecule has 8 heteroatoms. The number of anilines is 1. The summed E-state index contributed by atoms with van der Waals surface area (Å²) in [6, 6.07) is 12.8. The SMILES string of the molecule is CSc1cccc(NC(=O)C(=O)NCc2nnc3ccccn23)c1. The molecule has 3 rings (SSSR count). The topological polar surface area (TPSA) is 88.4 Å². The summed E-state index contributed by atoms with van der Waals surface area (Å²) in [6.45, 7) is 0.113. The van der Waals surface area contributed by atoms with Crippen LogP contribution >= 0.6 is 11.8 Å². The Morgan fingerprint density at radius 1 is 1.12 bits per heavy atom. The van der Waals surface area contributed by atoms with E-state index in [-0.39, 0.29) is 6.54 Å². The van der Waals surface area contributed by atoms with Crippen molar-refractivity contribution < 1.29 is 9.59 Å². The summed E-state index contributed by atoms with van der Waals surface area (Å²) < 4.78 is 1.75. The molecule has 0 aliphatic carbocycles. The van der Waals surface area contributed by atoms with E-state index in [4.69, 9.17) is 0 Å². The average molecular weight is 341 g/mol. The molecule has 0 aliphatic heterocycles. The van der Waals surface area contributed by atoms with Crippen molar-refractivity contribution in [3.8, 4) is 0 Å². The zero-order valence-corrected chi connectivity index (χ0v) is 13.7. The van der Waals surface area contributed by atoms with Gasteiger partial charge < -0.3 is 10.6 Å². The molecule has 0 spiro atoms. The molecule has 2 aromatic heterocycles. The Hall–Kier alpha value is -2.87. The van der Waals surface area contributed by atoms with Gasteiger partial charge in [-0.3, -0.25) is 14.0 Å². The second-order valence-electron chi connectivity index (χ2n) is 4.91. The van der Waals surface area contributed by atoms with Crippen LogP contribution in [0.4, 0.5) is 5.69 Å². The van der Waals surface area contributed by atoms with Gasteiger partial charge in [-0.1, -0.05) is 12.1 Å². The summed E-state index contributed by atoms with van der Waals surface area (Å²) in [6.07, 6.45) is 3.74. The van der Waals surface area contributed by atoms with E-state index in [0.717, 1.165) is 4.90 Å². The van der Waals surface area contributed by atoms with E-state index in [0.29, 0.717) is 17.2 Å². The number of carbonyl (C=O) groups is 2. The number of fused-ring (bicyclic) bond motifs is 1. The fraction of sp³-hybridized carbons (Fsp3) is 0.125. The Balaban J connectivity index is 1.61. The summed E-state index contributed by atoms with van der Waals surface area (Å²) in [5.41, 5.74) is 1.26. The molecule has 24 heavy (non-hydrogen) atoms. The second-order valence-corrected chi connectivity index (χ2v) is 5.79. The van der Waals surface area contributed by atoms with Crippen LogP contribution in [0.1, 0.15) is 5.82 Å². The van der Waals surface area contributed by atoms with Crippen molar-refractivity contribution in [2.45, 2.75) is 11.4 Å². The van der Waals surface area contributed by atoms with Crippen molar-refractivity contribution in [2.75, 3.05) is 11.6 Å². The fourth-order valence-corrected chi connectivity index (χ4v) is 2.60. The highest BCUT2D eigenvalue weighted by molar-refractivity contribution is 7.98. The molecule has 0 aliphatic rings. The zero-order valence-electron chi connectivity index (χ0n) is 12.9. The smallest absolute Gasteiger partial charge is 0.313 e. The molecule has 0 radical (unpaired) electrons. The van der Waals surface area contributed by atoms with Crippen molar-refractivity contribution in [2.24, 2.45) is 0 Å². The number of hydrogen-bond donors (Lipinski definition) is 2. The van der Waals surface area contributed by atoms with Crippen LogP contribution in [0.25, 0.3) is 5.65 Å². The van der Waals surface area contributed by atoms with Crippen LogP contribution in [0, 0.1) is 0 Å². The fourth-order valence-electron chi connectivity index (χ4n) is 2.14. The van der Waals surface area contributed by atoms with Crippen molar-refractivity contribution in [1.29, 1.82) is 0 Å². The van der Waals surface area contributed by atoms with Crippen LogP contribution in [0.5, 0.6) is 0 Å². The number of rotatable bonds is 4. The van der Waals surface area contributed by atoms with E-state index in [2.05, 4.69) is 20.8 Å². The lowest BCUT2D eigenvalue weighted by molar-refractivity contribution is -0.136. The summed E-state index contributed by atoms with van der Waals surface area (Å²) in [4.78, 5) is 24.9. The molecule has 3 aromatic rings. The molecule has 2 heterocycles. The predicted molar refractivity (Wildman–Crippen MR) is 91.7 cm³/mol. The first-order chi connectivity index (χ1) is 11.7. The van der Waals surface area contributed by atoms with Gasteiger partial charge in [0, 0.05) is 16.8 Å². The normalized spacial score (nSPS) is 10.5. The minimum Gasteiger partial charge on any atom is -0.341 e. The number of benzene rings is 1. The van der Waals surface area contributed by atoms with Crippen molar-refractivity contribution in [3.63, 3.8) is 0 Å². The molecule has 2 N–H and O–H groups in total. The maximum absolute atomic E-state index is 12.0. The lowest BCUT2D eigenvalue weighted by Gasteiger charge is -2.07. The summed E-state index contributed by atoms with van der Waals surface area (Å²) in [5, 5.41) is 13.1. The minimum atomic E-state index is -0.725. The van der Waals surface area contributed by atoms with Gasteiger partial charge in [-0.05, 0) is 36.6 Å². The first-order valence-electron chi connectivity index (χ1n) is 7.19. The lowest BCUT2D eigenvalue weighted by Crippen LogP contribution is -2.35. The predicted octanol–water partition coefficient (Wildman–Crippen LogP) is 1.71. The summed E-state index contributed by atoms with van der Waals surface area (Å²) in [5.74, 6) is -0.893. The van der Waals surface area contributed by atoms with Gasteiger partial charge in [0.2, 0.25) is 0 Å². The van der Waals surface area contributed by atoms with Crippen molar-refractivity contribution >= 4 is 34.9 Å². The number of amides is 2. The van der Waals surface area contributed by atoms with Crippen molar-refractivity contribution in [3.05, 3.63) is 54.5 Å². The Labute approximate surface area is 142 Å². The number of nitrogens with zero attached hydrogens (tertiary/aromatic N) is 3. The van der Waals surface area contributed by atoms with E-state index in [1.807, 2.05) is 42.7 Å². The van der Waals surface area contributed by atoms with Crippen LogP contribution < -0.4 is 10.6 Å². The standard InChI is InChI=1S/C16H15N5O2S/c1-24-12-6-4-5-11(9-12)18-16(23)15(22)17-10-14-20-19-13-7-2-3-8-21(13)14/h2-9H,10H2,1H3,(H,17,22)(H,18,23). The first-order valence-corrected chi connectivity index (χ1v) is 8.42. The lowest BCUT2D eigenvalue weighted by atomic mass is 10.3. The van der Waals surface area contributed by atoms with E-state index in [9.17, 15) is 9.59 Å². The zero-order chi connectivity index (χ0) is 16.9. The molecule has 7 nitrogen and oxygen atoms in total. The highest BCUT2D eigenvalue weighted by Gasteiger charge is 2.15. The second kappa shape index (κ2) is 7.14. The Kier molecular flexibility index (Phi) is 4.76. The molecular formula is C16H15N5O2S. The number of aromatic nitrogens is 3. The Bertz CT molecular complexity index is 893. The number of hydrogen-bond acceptors (Lipinski definition) is 5. The van der Waals surface area contributed by atoms with Crippen molar-refractivity contribution in [1.82, 2.24) is 19.9 Å². The highest BCUT2D eigenvalue weighted by Crippen LogP contribution is 2.18. The van der Waals surface area contributed by atoms with Gasteiger partial charge in [0.15, 0.2) is 11.5 Å². The third-order valence-electron chi connectivity index (χ3n) is 3.33. The highest BCUT2D eigenvalue weighted by atomic mass is 32.2. The monoisotopic (exact) mass is 341 g/mol. The van der Waals surface area contributed by atoms with Gasteiger partial charge in [-0.25, -0.2) is 0 Å². The number of nitrogens with one attached hydrogen (secondary N) is 2. The molecule has 0 unspecified atom stereocenters. The maximum atomic E-state index is 12.0. The minimum absolute atomic E-state index is 0.113. The van der Waals surface area contributed by atoms with E-state index < -0.39 is 11.8 Å². The molecule has 0 atom stereocenters. The van der Waals surface area contributed by atoms with Crippen LogP contribution in [-0.4, -0.2) is 32.7 Å². The summed E-state index contributed by atoms with van der Waals surface area (Å²) >= 11 is 1.56. The quantitative estimate of drug-likeness (QED) is 0.557. The molecule has 0 saturated carbocycles. The third kappa shape index (κ3) is 3.54. The third-order valence-corrected chi connectivity index (χ3v) is 4.05. The largest absolute Gasteiger partial charge is 0.341 e. The van der Waals surface area contributed by atoms with Gasteiger partial charge in [0.1, 0.15) is 0 Å². The van der Waals surface area contributed by atoms with E-state index >= 15 is 0 Å². The van der Waals surface area contributed by atoms with Crippen LogP contribution in [0.3, 0.4) is 0 Å². The first kappa shape index (κ1) is 16.0. The molecule has 0 fully saturated rings. The summed E-state index contributed by atoms with van der Waals surface area (Å²) in [7, 11) is 0. The van der Waals surface area contributed by atoms with Gasteiger partial charge in [-0.15, -0.1) is 22.0 Å². The average Bonchev–Trinajstić information content (AvgIpc) is 3.03. The molecule has 122 valence electrons. The number of thioether (sulfide) groups is 1. The molecular weight excluding hydrogens is 326 g/mol. The van der Waals surface area contributed by atoms with E-state index in [1.165, 1.54) is 0 Å². The Morgan fingerprint density at radius 2 is 2.00 bits per heavy atom. The van der Waals surface area contributed by atoms with E-state index in [1.54, 1.807) is 28.4 Å². The molecule has 0 saturated heterocycles.